The molecule has 12 rings (SSSR count). The molecule has 0 aliphatic rings. The van der Waals surface area contributed by atoms with Gasteiger partial charge in [0.15, 0.2) is 0 Å². The van der Waals surface area contributed by atoms with Gasteiger partial charge in [0.05, 0.1) is 16.4 Å². The van der Waals surface area contributed by atoms with Gasteiger partial charge in [-0.1, -0.05) is 182 Å². The number of aromatic nitrogens is 1. The Kier molecular flexibility index (Phi) is 9.28. The van der Waals surface area contributed by atoms with Crippen LogP contribution in [-0.4, -0.2) is 4.57 Å². The Morgan fingerprint density at radius 3 is 1.52 bits per heavy atom. The molecule has 0 spiro atoms. The molecule has 0 bridgehead atoms. The molecule has 0 atom stereocenters. The van der Waals surface area contributed by atoms with Gasteiger partial charge in [0, 0.05) is 53.7 Å². The van der Waals surface area contributed by atoms with E-state index in [0.29, 0.717) is 0 Å². The van der Waals surface area contributed by atoms with Crippen molar-refractivity contribution in [3.05, 3.63) is 277 Å². The van der Waals surface area contributed by atoms with Crippen LogP contribution in [0, 0.1) is 0 Å². The predicted octanol–water partition coefficient (Wildman–Crippen LogP) is 16.7. The number of rotatable bonds is 9. The van der Waals surface area contributed by atoms with Crippen molar-refractivity contribution in [3.8, 4) is 16.8 Å². The lowest BCUT2D eigenvalue weighted by Gasteiger charge is -2.37. The highest BCUT2D eigenvalue weighted by atomic mass is 32.1. The number of thiophene rings is 1. The summed E-state index contributed by atoms with van der Waals surface area (Å²) in [6.45, 7) is 0. The first-order chi connectivity index (χ1) is 31.7. The number of fused-ring (bicyclic) bond motifs is 6. The number of anilines is 3. The molecule has 64 heavy (non-hydrogen) atoms. The molecule has 0 fully saturated rings. The second-order valence-electron chi connectivity index (χ2n) is 16.5. The van der Waals surface area contributed by atoms with E-state index in [1.54, 1.807) is 0 Å². The first-order valence-corrected chi connectivity index (χ1v) is 22.7. The molecule has 0 radical (unpaired) electrons. The van der Waals surface area contributed by atoms with E-state index in [-0.39, 0.29) is 0 Å². The van der Waals surface area contributed by atoms with Gasteiger partial charge in [-0.2, -0.15) is 0 Å². The van der Waals surface area contributed by atoms with Gasteiger partial charge in [-0.15, -0.1) is 11.3 Å². The highest BCUT2D eigenvalue weighted by Gasteiger charge is 2.38. The summed E-state index contributed by atoms with van der Waals surface area (Å²) in [4.78, 5) is 2.42. The Balaban J connectivity index is 1.03. The van der Waals surface area contributed by atoms with Crippen molar-refractivity contribution in [1.82, 2.24) is 4.57 Å². The second-order valence-corrected chi connectivity index (χ2v) is 17.6. The SMILES string of the molecule is c1ccc(-n2c3ccccc3c3cc(-c4cccc(N(c5ccc(C(c6ccccc6)(c6ccccc6)c6ccccc6)cc5)c5ccc6c(c5)sc5ccccc56)c4)ccc32)cc1. The van der Waals surface area contributed by atoms with Crippen LogP contribution in [0.4, 0.5) is 17.1 Å². The molecule has 2 nitrogen and oxygen atoms in total. The molecule has 0 saturated heterocycles. The Labute approximate surface area is 377 Å². The van der Waals surface area contributed by atoms with Crippen molar-refractivity contribution in [3.63, 3.8) is 0 Å². The second kappa shape index (κ2) is 15.7. The maximum absolute atomic E-state index is 2.42. The molecule has 0 N–H and O–H groups in total. The Morgan fingerprint density at radius 1 is 0.312 bits per heavy atom. The molecule has 3 heteroatoms. The standard InChI is InChI=1S/C61H42N2S/c1-5-19-45(20-6-1)61(46-21-7-2-8-22-46,47-23-9-3-10-24-47)48-33-35-50(36-34-48)62(52-37-38-55-54-29-14-16-31-59(54)64-60(55)42-52)51-27-17-18-43(40-51)44-32-39-58-56(41-44)53-28-13-15-30-57(53)63(58)49-25-11-4-12-26-49/h1-42H. The fourth-order valence-electron chi connectivity index (χ4n) is 10.1. The molecular weight excluding hydrogens is 793 g/mol. The van der Waals surface area contributed by atoms with Crippen LogP contribution in [-0.2, 0) is 5.41 Å². The first kappa shape index (κ1) is 37.8. The summed E-state index contributed by atoms with van der Waals surface area (Å²) in [6, 6.07) is 93.2. The van der Waals surface area contributed by atoms with Crippen LogP contribution in [0.2, 0.25) is 0 Å². The fourth-order valence-corrected chi connectivity index (χ4v) is 11.2. The summed E-state index contributed by atoms with van der Waals surface area (Å²) in [5.41, 5.74) is 13.6. The van der Waals surface area contributed by atoms with Gasteiger partial charge >= 0.3 is 0 Å². The lowest BCUT2D eigenvalue weighted by Crippen LogP contribution is -2.31. The van der Waals surface area contributed by atoms with Gasteiger partial charge in [-0.05, 0) is 106 Å². The highest BCUT2D eigenvalue weighted by Crippen LogP contribution is 2.47. The average Bonchev–Trinajstić information content (AvgIpc) is 3.91. The smallest absolute Gasteiger partial charge is 0.0701 e. The van der Waals surface area contributed by atoms with E-state index in [4.69, 9.17) is 0 Å². The van der Waals surface area contributed by atoms with Crippen molar-refractivity contribution in [2.45, 2.75) is 5.41 Å². The maximum Gasteiger partial charge on any atom is 0.0701 e. The molecule has 0 amide bonds. The van der Waals surface area contributed by atoms with Crippen LogP contribution >= 0.6 is 11.3 Å². The maximum atomic E-state index is 2.42. The number of para-hydroxylation sites is 2. The minimum absolute atomic E-state index is 0.536. The van der Waals surface area contributed by atoms with Gasteiger partial charge in [-0.3, -0.25) is 0 Å². The quantitative estimate of drug-likeness (QED) is 0.132. The molecular formula is C61H42N2S. The van der Waals surface area contributed by atoms with Crippen LogP contribution in [0.5, 0.6) is 0 Å². The van der Waals surface area contributed by atoms with Crippen molar-refractivity contribution >= 4 is 70.4 Å². The van der Waals surface area contributed by atoms with Crippen molar-refractivity contribution in [2.75, 3.05) is 4.90 Å². The molecule has 302 valence electrons. The van der Waals surface area contributed by atoms with E-state index in [1.165, 1.54) is 69.8 Å². The summed E-state index contributed by atoms with van der Waals surface area (Å²) in [6.07, 6.45) is 0. The van der Waals surface area contributed by atoms with E-state index in [9.17, 15) is 0 Å². The number of benzene rings is 10. The van der Waals surface area contributed by atoms with Crippen LogP contribution < -0.4 is 4.90 Å². The molecule has 0 unspecified atom stereocenters. The van der Waals surface area contributed by atoms with Crippen molar-refractivity contribution in [2.24, 2.45) is 0 Å². The minimum atomic E-state index is -0.536. The zero-order chi connectivity index (χ0) is 42.5. The van der Waals surface area contributed by atoms with Gasteiger partial charge in [0.25, 0.3) is 0 Å². The lowest BCUT2D eigenvalue weighted by molar-refractivity contribution is 0.745. The van der Waals surface area contributed by atoms with Gasteiger partial charge in [0.2, 0.25) is 0 Å². The summed E-state index contributed by atoms with van der Waals surface area (Å²) < 4.78 is 4.95. The molecule has 10 aromatic carbocycles. The van der Waals surface area contributed by atoms with E-state index >= 15 is 0 Å². The summed E-state index contributed by atoms with van der Waals surface area (Å²) >= 11 is 1.86. The molecule has 12 aromatic rings. The topological polar surface area (TPSA) is 8.17 Å². The Bertz CT molecular complexity index is 3500. The number of hydrogen-bond donors (Lipinski definition) is 0. The van der Waals surface area contributed by atoms with Gasteiger partial charge < -0.3 is 9.47 Å². The van der Waals surface area contributed by atoms with E-state index < -0.39 is 5.41 Å². The summed E-state index contributed by atoms with van der Waals surface area (Å²) in [5, 5.41) is 5.07. The minimum Gasteiger partial charge on any atom is -0.310 e. The Hall–Kier alpha value is -7.98. The third kappa shape index (κ3) is 6.24. The monoisotopic (exact) mass is 834 g/mol. The van der Waals surface area contributed by atoms with Gasteiger partial charge in [0.1, 0.15) is 0 Å². The highest BCUT2D eigenvalue weighted by molar-refractivity contribution is 7.25. The number of hydrogen-bond acceptors (Lipinski definition) is 2. The van der Waals surface area contributed by atoms with Crippen molar-refractivity contribution in [1.29, 1.82) is 0 Å². The summed E-state index contributed by atoms with van der Waals surface area (Å²) in [7, 11) is 0. The lowest BCUT2D eigenvalue weighted by atomic mass is 9.65. The third-order valence-corrected chi connectivity index (χ3v) is 14.1. The zero-order valence-corrected chi connectivity index (χ0v) is 35.9. The molecule has 2 aromatic heterocycles. The van der Waals surface area contributed by atoms with Gasteiger partial charge in [-0.25, -0.2) is 0 Å². The van der Waals surface area contributed by atoms with Crippen LogP contribution in [0.1, 0.15) is 22.3 Å². The average molecular weight is 835 g/mol. The van der Waals surface area contributed by atoms with Crippen molar-refractivity contribution < 1.29 is 0 Å². The van der Waals surface area contributed by atoms with Crippen LogP contribution in [0.25, 0.3) is 58.8 Å². The molecule has 2 heterocycles. The Morgan fingerprint density at radius 2 is 0.828 bits per heavy atom. The zero-order valence-electron chi connectivity index (χ0n) is 35.1. The van der Waals surface area contributed by atoms with E-state index in [0.717, 1.165) is 28.3 Å². The fraction of sp³-hybridized carbons (Fsp3) is 0.0164. The van der Waals surface area contributed by atoms with Crippen LogP contribution in [0.3, 0.4) is 0 Å². The van der Waals surface area contributed by atoms with E-state index in [2.05, 4.69) is 264 Å². The summed E-state index contributed by atoms with van der Waals surface area (Å²) in [5.74, 6) is 0. The van der Waals surface area contributed by atoms with Crippen LogP contribution in [0.15, 0.2) is 255 Å². The molecule has 0 aliphatic carbocycles. The molecule has 0 aliphatic heterocycles. The molecule has 0 saturated carbocycles. The normalized spacial score (nSPS) is 11.8. The number of nitrogens with zero attached hydrogens (tertiary/aromatic N) is 2. The predicted molar refractivity (Wildman–Crippen MR) is 272 cm³/mol. The first-order valence-electron chi connectivity index (χ1n) is 21.9. The third-order valence-electron chi connectivity index (χ3n) is 12.9. The van der Waals surface area contributed by atoms with E-state index in [1.807, 2.05) is 11.3 Å². The largest absolute Gasteiger partial charge is 0.310 e.